The molecule has 0 aromatic heterocycles. The minimum absolute atomic E-state index is 0.168. The number of hydrogen-bond donors (Lipinski definition) is 2. The summed E-state index contributed by atoms with van der Waals surface area (Å²) < 4.78 is 31.3. The van der Waals surface area contributed by atoms with Gasteiger partial charge in [-0.3, -0.25) is 4.79 Å². The summed E-state index contributed by atoms with van der Waals surface area (Å²) >= 11 is 0. The monoisotopic (exact) mass is 672 g/mol. The first kappa shape index (κ1) is 34.3. The lowest BCUT2D eigenvalue weighted by atomic mass is 9.46. The maximum Gasteiger partial charge on any atom is 0.338 e. The van der Waals surface area contributed by atoms with Crippen molar-refractivity contribution in [2.24, 2.45) is 11.3 Å². The van der Waals surface area contributed by atoms with Gasteiger partial charge in [-0.25, -0.2) is 14.4 Å². The third kappa shape index (κ3) is 5.50. The van der Waals surface area contributed by atoms with Crippen LogP contribution in [0.4, 0.5) is 0 Å². The van der Waals surface area contributed by atoms with Crippen LogP contribution in [0, 0.1) is 11.3 Å². The Kier molecular flexibility index (Phi) is 8.67. The highest BCUT2D eigenvalue weighted by molar-refractivity contribution is 5.91. The van der Waals surface area contributed by atoms with Crippen molar-refractivity contribution in [3.63, 3.8) is 0 Å². The first-order chi connectivity index (χ1) is 23.1. The highest BCUT2D eigenvalue weighted by atomic mass is 16.6. The molecular weight excluding hydrogens is 632 g/mol. The van der Waals surface area contributed by atoms with Gasteiger partial charge < -0.3 is 33.9 Å². The third-order valence-corrected chi connectivity index (χ3v) is 10.4. The molecule has 3 aliphatic rings. The summed E-state index contributed by atoms with van der Waals surface area (Å²) in [6.07, 6.45) is -7.67. The van der Waals surface area contributed by atoms with E-state index >= 15 is 0 Å². The number of esters is 4. The van der Waals surface area contributed by atoms with Gasteiger partial charge in [0.25, 0.3) is 0 Å². The summed E-state index contributed by atoms with van der Waals surface area (Å²) in [5.74, 6) is -4.11. The Labute approximate surface area is 284 Å². The van der Waals surface area contributed by atoms with Crippen molar-refractivity contribution in [1.82, 2.24) is 0 Å². The highest BCUT2D eigenvalue weighted by Gasteiger charge is 2.86. The van der Waals surface area contributed by atoms with Gasteiger partial charge in [-0.15, -0.1) is 0 Å². The van der Waals surface area contributed by atoms with Crippen molar-refractivity contribution in [3.05, 3.63) is 108 Å². The number of ether oxygens (including phenoxy) is 5. The van der Waals surface area contributed by atoms with E-state index in [1.54, 1.807) is 105 Å². The van der Waals surface area contributed by atoms with Crippen LogP contribution in [0.3, 0.4) is 0 Å². The van der Waals surface area contributed by atoms with Crippen molar-refractivity contribution >= 4 is 23.9 Å². The number of carbonyl (C=O) groups is 4. The van der Waals surface area contributed by atoms with E-state index in [0.29, 0.717) is 0 Å². The molecule has 0 amide bonds. The fraction of sp³-hybridized carbons (Fsp3) is 0.421. The maximum atomic E-state index is 13.9. The molecule has 11 heteroatoms. The normalized spacial score (nSPS) is 34.2. The molecule has 1 aliphatic heterocycles. The second kappa shape index (κ2) is 12.4. The molecule has 0 radical (unpaired) electrons. The van der Waals surface area contributed by atoms with Gasteiger partial charge in [0.1, 0.15) is 30.0 Å². The van der Waals surface area contributed by atoms with Gasteiger partial charge in [-0.1, -0.05) is 54.6 Å². The van der Waals surface area contributed by atoms with Crippen molar-refractivity contribution in [1.29, 1.82) is 0 Å². The maximum absolute atomic E-state index is 13.9. The second-order valence-corrected chi connectivity index (χ2v) is 13.9. The minimum atomic E-state index is -2.00. The lowest BCUT2D eigenvalue weighted by Crippen LogP contribution is -2.83. The zero-order chi connectivity index (χ0) is 35.4. The van der Waals surface area contributed by atoms with E-state index < -0.39 is 82.5 Å². The molecule has 258 valence electrons. The molecule has 3 aromatic carbocycles. The summed E-state index contributed by atoms with van der Waals surface area (Å²) in [6.45, 7) is 7.54. The van der Waals surface area contributed by atoms with Crippen LogP contribution in [0.15, 0.2) is 91.0 Å². The lowest BCUT2D eigenvalue weighted by molar-refractivity contribution is -0.349. The van der Waals surface area contributed by atoms with Crippen LogP contribution < -0.4 is 0 Å². The molecule has 2 N–H and O–H groups in total. The van der Waals surface area contributed by atoms with E-state index in [1.165, 1.54) is 20.8 Å². The molecular formula is C38H40O11. The molecule has 49 heavy (non-hydrogen) atoms. The fourth-order valence-corrected chi connectivity index (χ4v) is 8.45. The SMILES string of the molecule is CC(=O)O[C@@H]1[C@H]2[C@H](O)[C@H](OC(=O)c3ccccc3)[C@]3(C)[C@@H](OC(=O)c4ccccc4)[C@@H](OC(=O)c4ccccc4)C[C@@](C)(O)[C@@]13OC2(C)C. The van der Waals surface area contributed by atoms with E-state index in [4.69, 9.17) is 23.7 Å². The van der Waals surface area contributed by atoms with Crippen LogP contribution >= 0.6 is 0 Å². The molecule has 6 rings (SSSR count). The molecule has 2 bridgehead atoms. The molecule has 1 saturated heterocycles. The van der Waals surface area contributed by atoms with Crippen LogP contribution in [0.5, 0.6) is 0 Å². The topological polar surface area (TPSA) is 155 Å². The summed E-state index contributed by atoms with van der Waals surface area (Å²) in [6, 6.07) is 24.4. The quantitative estimate of drug-likeness (QED) is 0.273. The standard InChI is InChI=1S/C38H40O11/c1-22(39)45-30-27-28(40)31(48-34(43)25-19-13-8-14-20-25)37(5)29(47-33(42)24-17-11-7-12-18-24)26(46-32(41)23-15-9-6-10-16-23)21-36(4,44)38(30,37)49-35(27,2)3/h6-20,26-31,40,44H,21H2,1-5H3/t26-,27+,28-,29-,30+,31-,36+,37-,38-/m0/s1. The molecule has 1 spiro atoms. The van der Waals surface area contributed by atoms with Crippen LogP contribution in [0.1, 0.15) is 72.1 Å². The summed E-state index contributed by atoms with van der Waals surface area (Å²) in [5.41, 5.74) is -6.63. The third-order valence-electron chi connectivity index (χ3n) is 10.4. The van der Waals surface area contributed by atoms with Gasteiger partial charge in [0.15, 0.2) is 6.10 Å². The van der Waals surface area contributed by atoms with Gasteiger partial charge in [-0.05, 0) is 64.1 Å². The second-order valence-electron chi connectivity index (χ2n) is 13.9. The molecule has 0 unspecified atom stereocenters. The predicted molar refractivity (Wildman–Crippen MR) is 173 cm³/mol. The molecule has 2 saturated carbocycles. The van der Waals surface area contributed by atoms with Gasteiger partial charge in [0.2, 0.25) is 0 Å². The predicted octanol–water partition coefficient (Wildman–Crippen LogP) is 4.29. The summed E-state index contributed by atoms with van der Waals surface area (Å²) in [5, 5.41) is 24.9. The number of hydrogen-bond acceptors (Lipinski definition) is 11. The molecule has 9 atom stereocenters. The summed E-state index contributed by atoms with van der Waals surface area (Å²) in [7, 11) is 0. The Bertz CT molecular complexity index is 1720. The Morgan fingerprint density at radius 2 is 1.08 bits per heavy atom. The van der Waals surface area contributed by atoms with Crippen molar-refractivity contribution in [2.75, 3.05) is 0 Å². The van der Waals surface area contributed by atoms with Crippen LogP contribution in [-0.2, 0) is 28.5 Å². The molecule has 3 fully saturated rings. The van der Waals surface area contributed by atoms with Crippen molar-refractivity contribution in [3.8, 4) is 0 Å². The number of benzene rings is 3. The van der Waals surface area contributed by atoms with Crippen LogP contribution in [0.25, 0.3) is 0 Å². The average molecular weight is 673 g/mol. The van der Waals surface area contributed by atoms with Gasteiger partial charge in [0, 0.05) is 13.3 Å². The number of rotatable bonds is 7. The number of fused-ring (bicyclic) bond motifs is 1. The first-order valence-electron chi connectivity index (χ1n) is 16.2. The van der Waals surface area contributed by atoms with Gasteiger partial charge in [-0.2, -0.15) is 0 Å². The van der Waals surface area contributed by atoms with E-state index in [1.807, 2.05) is 0 Å². The molecule has 3 aromatic rings. The van der Waals surface area contributed by atoms with Gasteiger partial charge >= 0.3 is 23.9 Å². The largest absolute Gasteiger partial charge is 0.459 e. The van der Waals surface area contributed by atoms with Crippen molar-refractivity contribution in [2.45, 2.75) is 88.4 Å². The highest BCUT2D eigenvalue weighted by Crippen LogP contribution is 2.69. The zero-order valence-electron chi connectivity index (χ0n) is 27.9. The Balaban J connectivity index is 1.57. The van der Waals surface area contributed by atoms with E-state index in [2.05, 4.69) is 0 Å². The first-order valence-corrected chi connectivity index (χ1v) is 16.2. The zero-order valence-corrected chi connectivity index (χ0v) is 27.9. The smallest absolute Gasteiger partial charge is 0.338 e. The lowest BCUT2D eigenvalue weighted by Gasteiger charge is -2.65. The number of aliphatic hydroxyl groups is 2. The number of aliphatic hydroxyl groups excluding tert-OH is 1. The Morgan fingerprint density at radius 3 is 1.53 bits per heavy atom. The van der Waals surface area contributed by atoms with Gasteiger partial charge in [0.05, 0.1) is 39.2 Å². The Morgan fingerprint density at radius 1 is 0.653 bits per heavy atom. The van der Waals surface area contributed by atoms with Crippen molar-refractivity contribution < 1.29 is 53.1 Å². The molecule has 11 nitrogen and oxygen atoms in total. The summed E-state index contributed by atoms with van der Waals surface area (Å²) in [4.78, 5) is 54.0. The molecule has 1 heterocycles. The Hall–Kier alpha value is -4.58. The van der Waals surface area contributed by atoms with E-state index in [0.717, 1.165) is 0 Å². The van der Waals surface area contributed by atoms with E-state index in [9.17, 15) is 29.4 Å². The van der Waals surface area contributed by atoms with Crippen LogP contribution in [-0.4, -0.2) is 81.4 Å². The fourth-order valence-electron chi connectivity index (χ4n) is 8.45. The molecule has 2 aliphatic carbocycles. The minimum Gasteiger partial charge on any atom is -0.459 e. The van der Waals surface area contributed by atoms with E-state index in [-0.39, 0.29) is 23.1 Å². The number of carbonyl (C=O) groups excluding carboxylic acids is 4. The average Bonchev–Trinajstić information content (AvgIpc) is 3.29. The van der Waals surface area contributed by atoms with Crippen LogP contribution in [0.2, 0.25) is 0 Å².